The van der Waals surface area contributed by atoms with Crippen molar-refractivity contribution in [3.63, 3.8) is 0 Å². The molecule has 2 N–H and O–H groups in total. The second kappa shape index (κ2) is 8.17. The first-order valence-corrected chi connectivity index (χ1v) is 9.41. The molecule has 0 unspecified atom stereocenters. The second-order valence-corrected chi connectivity index (χ2v) is 7.55. The van der Waals surface area contributed by atoms with Gasteiger partial charge in [-0.15, -0.1) is 0 Å². The molecular weight excluding hydrogens is 326 g/mol. The number of likely N-dealkylation sites (tertiary alicyclic amines) is 1. The summed E-state index contributed by atoms with van der Waals surface area (Å²) in [5.74, 6) is 0.656. The maximum Gasteiger partial charge on any atom is 0.266 e. The lowest BCUT2D eigenvalue weighted by Crippen LogP contribution is -2.49. The van der Waals surface area contributed by atoms with Crippen LogP contribution in [0.15, 0.2) is 17.1 Å². The van der Waals surface area contributed by atoms with E-state index >= 15 is 0 Å². The van der Waals surface area contributed by atoms with Crippen molar-refractivity contribution in [1.29, 1.82) is 0 Å². The van der Waals surface area contributed by atoms with Gasteiger partial charge >= 0.3 is 0 Å². The SMILES string of the molecule is O=C(N[C@@H]1CCCN(CC2CCCCC2)C1)c1c[nH]c(=O)c(Cl)c1. The number of nitrogens with one attached hydrogen (secondary N) is 2. The number of rotatable bonds is 4. The van der Waals surface area contributed by atoms with Crippen LogP contribution in [0, 0.1) is 5.92 Å². The van der Waals surface area contributed by atoms with E-state index in [9.17, 15) is 9.59 Å². The first kappa shape index (κ1) is 17.5. The Morgan fingerprint density at radius 3 is 2.79 bits per heavy atom. The van der Waals surface area contributed by atoms with Crippen molar-refractivity contribution in [1.82, 2.24) is 15.2 Å². The number of piperidine rings is 1. The summed E-state index contributed by atoms with van der Waals surface area (Å²) >= 11 is 5.80. The fourth-order valence-corrected chi connectivity index (χ4v) is 4.10. The van der Waals surface area contributed by atoms with Gasteiger partial charge in [0, 0.05) is 25.3 Å². The summed E-state index contributed by atoms with van der Waals surface area (Å²) in [6.07, 6.45) is 10.4. The summed E-state index contributed by atoms with van der Waals surface area (Å²) in [4.78, 5) is 28.6. The maximum atomic E-state index is 12.4. The number of aromatic amines is 1. The Labute approximate surface area is 147 Å². The Morgan fingerprint density at radius 1 is 1.25 bits per heavy atom. The number of amides is 1. The standard InChI is InChI=1S/C18H26ClN3O2/c19-16-9-14(10-20-18(16)24)17(23)21-15-7-4-8-22(12-15)11-13-5-2-1-3-6-13/h9-10,13,15H,1-8,11-12H2,(H,20,24)(H,21,23)/t15-/m1/s1. The van der Waals surface area contributed by atoms with Gasteiger partial charge in [0.1, 0.15) is 5.02 Å². The van der Waals surface area contributed by atoms with Crippen molar-refractivity contribution < 1.29 is 4.79 Å². The van der Waals surface area contributed by atoms with Crippen molar-refractivity contribution in [2.24, 2.45) is 5.92 Å². The predicted molar refractivity (Wildman–Crippen MR) is 95.6 cm³/mol. The Bertz CT molecular complexity index is 625. The number of H-pyrrole nitrogens is 1. The zero-order valence-corrected chi connectivity index (χ0v) is 14.8. The second-order valence-electron chi connectivity index (χ2n) is 7.14. The largest absolute Gasteiger partial charge is 0.348 e. The highest BCUT2D eigenvalue weighted by molar-refractivity contribution is 6.30. The Hall–Kier alpha value is -1.33. The average Bonchev–Trinajstić information content (AvgIpc) is 2.58. The van der Waals surface area contributed by atoms with Crippen molar-refractivity contribution in [3.05, 3.63) is 33.2 Å². The lowest BCUT2D eigenvalue weighted by Gasteiger charge is -2.36. The number of hydrogen-bond acceptors (Lipinski definition) is 3. The lowest BCUT2D eigenvalue weighted by atomic mass is 9.88. The van der Waals surface area contributed by atoms with Gasteiger partial charge in [-0.05, 0) is 44.2 Å². The molecule has 24 heavy (non-hydrogen) atoms. The van der Waals surface area contributed by atoms with Crippen LogP contribution in [0.25, 0.3) is 0 Å². The highest BCUT2D eigenvalue weighted by Crippen LogP contribution is 2.25. The van der Waals surface area contributed by atoms with Gasteiger partial charge in [-0.25, -0.2) is 0 Å². The number of aromatic nitrogens is 1. The van der Waals surface area contributed by atoms with Crippen molar-refractivity contribution in [3.8, 4) is 0 Å². The van der Waals surface area contributed by atoms with Crippen LogP contribution in [-0.2, 0) is 0 Å². The van der Waals surface area contributed by atoms with E-state index in [0.29, 0.717) is 5.56 Å². The van der Waals surface area contributed by atoms with Crippen LogP contribution in [0.5, 0.6) is 0 Å². The lowest BCUT2D eigenvalue weighted by molar-refractivity contribution is 0.0889. The molecule has 1 saturated carbocycles. The van der Waals surface area contributed by atoms with Crippen LogP contribution in [0.2, 0.25) is 5.02 Å². The maximum absolute atomic E-state index is 12.4. The van der Waals surface area contributed by atoms with Crippen LogP contribution in [0.4, 0.5) is 0 Å². The zero-order valence-electron chi connectivity index (χ0n) is 14.0. The molecule has 0 radical (unpaired) electrons. The minimum Gasteiger partial charge on any atom is -0.348 e. The van der Waals surface area contributed by atoms with Crippen LogP contribution >= 0.6 is 11.6 Å². The first-order valence-electron chi connectivity index (χ1n) is 9.03. The fourth-order valence-electron chi connectivity index (χ4n) is 3.93. The molecule has 2 fully saturated rings. The van der Waals surface area contributed by atoms with E-state index in [1.165, 1.54) is 44.4 Å². The van der Waals surface area contributed by atoms with Gasteiger partial charge < -0.3 is 15.2 Å². The topological polar surface area (TPSA) is 65.2 Å². The van der Waals surface area contributed by atoms with E-state index in [-0.39, 0.29) is 22.5 Å². The molecule has 1 aliphatic heterocycles. The van der Waals surface area contributed by atoms with Gasteiger partial charge in [-0.1, -0.05) is 30.9 Å². The summed E-state index contributed by atoms with van der Waals surface area (Å²) < 4.78 is 0. The quantitative estimate of drug-likeness (QED) is 0.876. The number of hydrogen-bond donors (Lipinski definition) is 2. The molecule has 5 nitrogen and oxygen atoms in total. The van der Waals surface area contributed by atoms with Gasteiger partial charge in [0.25, 0.3) is 11.5 Å². The monoisotopic (exact) mass is 351 g/mol. The van der Waals surface area contributed by atoms with Gasteiger partial charge in [0.05, 0.1) is 5.56 Å². The number of pyridine rings is 1. The molecule has 1 aromatic heterocycles. The Balaban J connectivity index is 1.53. The molecular formula is C18H26ClN3O2. The molecule has 2 aliphatic rings. The molecule has 3 rings (SSSR count). The number of carbonyl (C=O) groups excluding carboxylic acids is 1. The van der Waals surface area contributed by atoms with E-state index in [1.807, 2.05) is 0 Å². The van der Waals surface area contributed by atoms with E-state index in [0.717, 1.165) is 38.4 Å². The molecule has 6 heteroatoms. The third-order valence-corrected chi connectivity index (χ3v) is 5.48. The summed E-state index contributed by atoms with van der Waals surface area (Å²) in [6.45, 7) is 3.21. The molecule has 1 aliphatic carbocycles. The van der Waals surface area contributed by atoms with Gasteiger partial charge in [0.2, 0.25) is 0 Å². The van der Waals surface area contributed by atoms with Gasteiger partial charge in [-0.2, -0.15) is 0 Å². The van der Waals surface area contributed by atoms with E-state index in [4.69, 9.17) is 11.6 Å². The normalized spacial score (nSPS) is 23.1. The first-order chi connectivity index (χ1) is 11.6. The molecule has 132 valence electrons. The molecule has 0 spiro atoms. The third-order valence-electron chi connectivity index (χ3n) is 5.20. The third kappa shape index (κ3) is 4.61. The molecule has 1 amide bonds. The Kier molecular flexibility index (Phi) is 5.95. The molecule has 1 aromatic rings. The van der Waals surface area contributed by atoms with Crippen LogP contribution in [0.3, 0.4) is 0 Å². The summed E-state index contributed by atoms with van der Waals surface area (Å²) in [6, 6.07) is 1.60. The summed E-state index contributed by atoms with van der Waals surface area (Å²) in [7, 11) is 0. The highest BCUT2D eigenvalue weighted by atomic mass is 35.5. The molecule has 0 bridgehead atoms. The van der Waals surface area contributed by atoms with Crippen molar-refractivity contribution >= 4 is 17.5 Å². The summed E-state index contributed by atoms with van der Waals surface area (Å²) in [5.41, 5.74) is 0.0357. The smallest absolute Gasteiger partial charge is 0.266 e. The summed E-state index contributed by atoms with van der Waals surface area (Å²) in [5, 5.41) is 3.13. The predicted octanol–water partition coefficient (Wildman–Crippen LogP) is 2.80. The molecule has 1 atom stereocenters. The van der Waals surface area contributed by atoms with E-state index < -0.39 is 0 Å². The van der Waals surface area contributed by atoms with Crippen molar-refractivity contribution in [2.45, 2.75) is 51.0 Å². The number of halogens is 1. The molecule has 1 saturated heterocycles. The van der Waals surface area contributed by atoms with E-state index in [2.05, 4.69) is 15.2 Å². The zero-order chi connectivity index (χ0) is 16.9. The van der Waals surface area contributed by atoms with Gasteiger partial charge in [-0.3, -0.25) is 9.59 Å². The molecule has 2 heterocycles. The molecule has 0 aromatic carbocycles. The van der Waals surface area contributed by atoms with Crippen LogP contribution in [0.1, 0.15) is 55.3 Å². The van der Waals surface area contributed by atoms with Crippen LogP contribution < -0.4 is 10.9 Å². The van der Waals surface area contributed by atoms with Gasteiger partial charge in [0.15, 0.2) is 0 Å². The van der Waals surface area contributed by atoms with Crippen molar-refractivity contribution in [2.75, 3.05) is 19.6 Å². The minimum absolute atomic E-state index is 0.0465. The number of nitrogens with zero attached hydrogens (tertiary/aromatic N) is 1. The van der Waals surface area contributed by atoms with E-state index in [1.54, 1.807) is 0 Å². The highest BCUT2D eigenvalue weighted by Gasteiger charge is 2.24. The fraction of sp³-hybridized carbons (Fsp3) is 0.667. The minimum atomic E-state index is -0.371. The number of carbonyl (C=O) groups is 1. The average molecular weight is 352 g/mol. The Morgan fingerprint density at radius 2 is 2.04 bits per heavy atom. The van der Waals surface area contributed by atoms with Crippen LogP contribution in [-0.4, -0.2) is 41.5 Å².